The number of hydrogen-bond acceptors (Lipinski definition) is 26. The molecular weight excluding hydrogens is 1840 g/mol. The van der Waals surface area contributed by atoms with Gasteiger partial charge in [-0.05, 0) is 280 Å². The van der Waals surface area contributed by atoms with E-state index in [-0.39, 0.29) is 27.8 Å². The van der Waals surface area contributed by atoms with Crippen LogP contribution in [0.3, 0.4) is 0 Å². The van der Waals surface area contributed by atoms with Crippen molar-refractivity contribution in [2.75, 3.05) is 185 Å². The molecule has 0 atom stereocenters. The molecule has 146 heavy (non-hydrogen) atoms. The Morgan fingerprint density at radius 2 is 0.568 bits per heavy atom. The Morgan fingerprint density at radius 1 is 0.295 bits per heavy atom. The zero-order valence-electron chi connectivity index (χ0n) is 85.4. The fraction of sp³-hybridized carbons (Fsp3) is 0.391. The lowest BCUT2D eigenvalue weighted by Gasteiger charge is -2.35. The maximum Gasteiger partial charge on any atom is 0.272 e. The van der Waals surface area contributed by atoms with E-state index >= 15 is 0 Å². The molecule has 9 aliphatic rings. The summed E-state index contributed by atoms with van der Waals surface area (Å²) in [4.78, 5) is 88.1. The van der Waals surface area contributed by atoms with Gasteiger partial charge in [0.1, 0.15) is 86.0 Å². The largest absolute Gasteiger partial charge is 0.456 e. The van der Waals surface area contributed by atoms with E-state index in [0.717, 1.165) is 282 Å². The van der Waals surface area contributed by atoms with E-state index in [4.69, 9.17) is 23.7 Å². The van der Waals surface area contributed by atoms with E-state index in [2.05, 4.69) is 228 Å². The molecule has 15 aromatic rings. The number of hydrogen-bond donors (Lipinski definition) is 5. The van der Waals surface area contributed by atoms with Crippen LogP contribution in [-0.4, -0.2) is 290 Å². The monoisotopic (exact) mass is 1970 g/mol. The number of likely N-dealkylation sites (N-methyl/N-ethyl adjacent to an activating group) is 4. The highest BCUT2D eigenvalue weighted by atomic mass is 16.5. The summed E-state index contributed by atoms with van der Waals surface area (Å²) in [6.45, 7) is 45.8. The van der Waals surface area contributed by atoms with Crippen LogP contribution in [0.25, 0.3) is 110 Å². The van der Waals surface area contributed by atoms with Crippen molar-refractivity contribution in [3.8, 4) is 114 Å². The molecule has 9 aliphatic heterocycles. The summed E-state index contributed by atoms with van der Waals surface area (Å²) in [6.07, 6.45) is 6.49. The highest BCUT2D eigenvalue weighted by Crippen LogP contribution is 2.51. The van der Waals surface area contributed by atoms with Gasteiger partial charge in [0, 0.05) is 152 Å². The second kappa shape index (κ2) is 45.2. The Kier molecular flexibility index (Phi) is 30.9. The van der Waals surface area contributed by atoms with Gasteiger partial charge in [0.25, 0.3) is 27.8 Å². The Morgan fingerprint density at radius 3 is 0.890 bits per heavy atom. The highest BCUT2D eigenvalue weighted by molar-refractivity contribution is 6.06. The van der Waals surface area contributed by atoms with Crippen LogP contribution in [0.1, 0.15) is 101 Å². The molecule has 31 heteroatoms. The van der Waals surface area contributed by atoms with Crippen molar-refractivity contribution in [1.29, 1.82) is 0 Å². The van der Waals surface area contributed by atoms with Gasteiger partial charge in [-0.15, -0.1) is 0 Å². The summed E-state index contributed by atoms with van der Waals surface area (Å²) in [5.74, 6) is 8.20. The molecule has 5 aromatic heterocycles. The molecule has 0 radical (unpaired) electrons. The van der Waals surface area contributed by atoms with Crippen LogP contribution in [0.5, 0.6) is 57.5 Å². The molecule has 4 saturated heterocycles. The first-order valence-corrected chi connectivity index (χ1v) is 52.2. The first kappa shape index (κ1) is 99.8. The van der Waals surface area contributed by atoms with Crippen molar-refractivity contribution in [3.63, 3.8) is 0 Å². The van der Waals surface area contributed by atoms with Gasteiger partial charge in [-0.3, -0.25) is 48.5 Å². The summed E-state index contributed by atoms with van der Waals surface area (Å²) < 4.78 is 30.4. The second-order valence-electron chi connectivity index (χ2n) is 40.1. The molecule has 0 amide bonds. The normalized spacial score (nSPS) is 15.6. The average Bonchev–Trinajstić information content (AvgIpc) is 0.908. The van der Waals surface area contributed by atoms with Gasteiger partial charge < -0.3 is 53.1 Å². The van der Waals surface area contributed by atoms with Gasteiger partial charge in [0.2, 0.25) is 0 Å². The van der Waals surface area contributed by atoms with Gasteiger partial charge in [0.15, 0.2) is 0 Å². The summed E-state index contributed by atoms with van der Waals surface area (Å²) in [5, 5.41) is 42.0. The predicted octanol–water partition coefficient (Wildman–Crippen LogP) is 16.9. The molecule has 0 saturated carbocycles. The Labute approximate surface area is 850 Å². The number of nitrogens with zero attached hydrogens (tertiary/aromatic N) is 16. The minimum atomic E-state index is -0.194. The first-order valence-electron chi connectivity index (χ1n) is 52.2. The fourth-order valence-corrected chi connectivity index (χ4v) is 21.6. The average molecular weight is 1970 g/mol. The molecule has 10 aromatic carbocycles. The van der Waals surface area contributed by atoms with Gasteiger partial charge in [0.05, 0.1) is 53.9 Å². The van der Waals surface area contributed by atoms with Crippen LogP contribution in [0.2, 0.25) is 0 Å². The third kappa shape index (κ3) is 22.1. The van der Waals surface area contributed by atoms with Gasteiger partial charge in [-0.1, -0.05) is 102 Å². The summed E-state index contributed by atoms with van der Waals surface area (Å²) >= 11 is 0. The molecule has 31 nitrogen and oxygen atoms in total. The maximum atomic E-state index is 12.2. The SMILES string of the molecule is CC1CCN(Cc2ccc3c(c2)-c2n[nH]c(=O)c4cccc(c24)O3)CC1.CCN(CC)CCN(C)Cc1ccc2c(c1)-c1n[nH]c(=O)c3cccc(c13)O2.CCN(CC)CCN(CC)Cc1ccc2c(c1)-c1n[nH]c(=O)c3cccc(c13)O2.CN(C)CCCN1CCN(Cc2ccc3c(c2)-c2n[nH]c(=O)c4cccc(c24)O3)CC1.O=c1[nH]nc2c3c(cccc13)Oc1ccc(CN3CCN(CCN4CCCC4)CC3)cc1-2. The Hall–Kier alpha value is -13.5. The number of rotatable bonds is 28. The predicted molar refractivity (Wildman–Crippen MR) is 578 cm³/mol. The molecule has 0 unspecified atom stereocenters. The molecular formula is C115H133N21O10. The standard InChI is InChI=1S/C25H29N5O2.C24H29N5O2.C23H28N4O2.C22H26N4O2.C21H21N3O2/c31-25-19-4-3-5-22-23(19)24(26-27-25)20-16-18(6-7-21(20)32-22)17-30-14-12-29(13-15-30)11-10-28-8-1-2-9-28;1-27(2)9-4-10-28-11-13-29(14-12-28)16-17-7-8-20-19(15-17)23-22-18(24(30)26-25-23)5-3-6-21(22)31-20;1-4-26(5-2)12-13-27(6-3)15-16-10-11-19-18(14-16)22-21-17(23(28)25-24-22)8-7-9-20(21)29-19;1-4-26(5-2)12-11-25(3)14-15-9-10-18-17(13-15)21-20-16(22(27)24-23-21)7-6-8-19(20)28-18;1-13-7-9-24(10-8-13)12-14-5-6-17-16(11-14)20-19-15(21(25)23-22-20)3-2-4-18(19)26-17/h3-7,16H,1-2,8-15,17H2,(H,27,31);3,5-8,15H,4,9-14,16H2,1-2H3,(H,26,30);7-11,14H,4-6,12-13,15H2,1-3H3,(H,25,28);6-10,13H,4-5,11-12,14H2,1-3H3,(H,24,27);2-6,11,13H,7-10,12H2,1H3,(H,23,25). The van der Waals surface area contributed by atoms with Crippen LogP contribution in [-0.2, 0) is 32.7 Å². The molecule has 0 spiro atoms. The zero-order chi connectivity index (χ0) is 101. The van der Waals surface area contributed by atoms with E-state index < -0.39 is 0 Å². The second-order valence-corrected chi connectivity index (χ2v) is 40.1. The van der Waals surface area contributed by atoms with Crippen LogP contribution in [0.15, 0.2) is 206 Å². The lowest BCUT2D eigenvalue weighted by molar-refractivity contribution is 0.117. The molecule has 0 bridgehead atoms. The van der Waals surface area contributed by atoms with Crippen molar-refractivity contribution >= 4 is 53.9 Å². The number of fused-ring (bicyclic) bond motifs is 10. The van der Waals surface area contributed by atoms with Crippen LogP contribution < -0.4 is 51.5 Å². The van der Waals surface area contributed by atoms with Crippen molar-refractivity contribution < 1.29 is 23.7 Å². The van der Waals surface area contributed by atoms with E-state index in [1.165, 1.54) is 92.6 Å². The van der Waals surface area contributed by atoms with Crippen molar-refractivity contribution in [3.05, 3.63) is 262 Å². The van der Waals surface area contributed by atoms with E-state index in [1.807, 2.05) is 121 Å². The highest BCUT2D eigenvalue weighted by Gasteiger charge is 2.33. The number of aromatic amines is 5. The third-order valence-corrected chi connectivity index (χ3v) is 30.1. The molecule has 758 valence electrons. The van der Waals surface area contributed by atoms with Gasteiger partial charge in [-0.25, -0.2) is 25.5 Å². The molecule has 4 fully saturated rings. The van der Waals surface area contributed by atoms with Gasteiger partial charge in [-0.2, -0.15) is 25.5 Å². The zero-order valence-corrected chi connectivity index (χ0v) is 85.4. The number of nitrogens with one attached hydrogen (secondary N) is 5. The fourth-order valence-electron chi connectivity index (χ4n) is 21.6. The number of likely N-dealkylation sites (tertiary alicyclic amines) is 2. The van der Waals surface area contributed by atoms with Crippen LogP contribution >= 0.6 is 0 Å². The number of piperidine rings is 1. The molecule has 5 N–H and O–H groups in total. The van der Waals surface area contributed by atoms with E-state index in [1.54, 1.807) is 0 Å². The number of benzene rings is 10. The van der Waals surface area contributed by atoms with Crippen molar-refractivity contribution in [2.24, 2.45) is 5.92 Å². The van der Waals surface area contributed by atoms with Gasteiger partial charge >= 0.3 is 0 Å². The third-order valence-electron chi connectivity index (χ3n) is 30.1. The van der Waals surface area contributed by atoms with Crippen molar-refractivity contribution in [1.82, 2.24) is 105 Å². The lowest BCUT2D eigenvalue weighted by atomic mass is 9.97. The maximum absolute atomic E-state index is 12.2. The van der Waals surface area contributed by atoms with Crippen molar-refractivity contribution in [2.45, 2.75) is 106 Å². The quantitative estimate of drug-likeness (QED) is 0.0304. The molecule has 0 aliphatic carbocycles. The first-order chi connectivity index (χ1) is 71.2. The van der Waals surface area contributed by atoms with E-state index in [9.17, 15) is 24.0 Å². The summed E-state index contributed by atoms with van der Waals surface area (Å²) in [6, 6.07) is 59.2. The van der Waals surface area contributed by atoms with Crippen LogP contribution in [0.4, 0.5) is 0 Å². The Bertz CT molecular complexity index is 7570. The van der Waals surface area contributed by atoms with Crippen LogP contribution in [0, 0.1) is 5.92 Å². The Balaban J connectivity index is 0.000000111. The number of aromatic nitrogens is 10. The minimum absolute atomic E-state index is 0.184. The molecule has 24 rings (SSSR count). The number of piperazine rings is 2. The molecule has 14 heterocycles. The number of ether oxygens (including phenoxy) is 5. The number of H-pyrrole nitrogens is 5. The topological polar surface area (TPSA) is 311 Å². The summed E-state index contributed by atoms with van der Waals surface area (Å²) in [5.41, 5.74) is 13.9. The van der Waals surface area contributed by atoms with E-state index in [0.29, 0.717) is 55.7 Å². The lowest BCUT2D eigenvalue weighted by Crippen LogP contribution is -2.47. The smallest absolute Gasteiger partial charge is 0.272 e. The summed E-state index contributed by atoms with van der Waals surface area (Å²) in [7, 11) is 6.41. The minimum Gasteiger partial charge on any atom is -0.456 e.